The van der Waals surface area contributed by atoms with Crippen molar-refractivity contribution in [1.82, 2.24) is 10.6 Å². The zero-order chi connectivity index (χ0) is 17.5. The summed E-state index contributed by atoms with van der Waals surface area (Å²) in [6, 6.07) is 10.6. The minimum atomic E-state index is -1.21. The lowest BCUT2D eigenvalue weighted by molar-refractivity contribution is 0.486. The van der Waals surface area contributed by atoms with E-state index in [1.807, 2.05) is 30.3 Å². The lowest BCUT2D eigenvalue weighted by Crippen LogP contribution is -2.43. The Morgan fingerprint density at radius 3 is 2.38 bits per heavy atom. The van der Waals surface area contributed by atoms with Crippen LogP contribution in [0.2, 0.25) is 0 Å². The zero-order valence-corrected chi connectivity index (χ0v) is 13.7. The fourth-order valence-electron chi connectivity index (χ4n) is 2.14. The van der Waals surface area contributed by atoms with Crippen molar-refractivity contribution >= 4 is 17.3 Å². The van der Waals surface area contributed by atoms with Crippen molar-refractivity contribution < 1.29 is 13.2 Å². The third-order valence-electron chi connectivity index (χ3n) is 3.39. The molecule has 0 fully saturated rings. The average Bonchev–Trinajstić information content (AvgIpc) is 2.57. The summed E-state index contributed by atoms with van der Waals surface area (Å²) in [5, 5.41) is 6.37. The SMILES string of the molecule is N[C@@H](CNC(=S)NCc1ccccc1)Cc1cc(F)c(F)cc1F. The van der Waals surface area contributed by atoms with Crippen LogP contribution < -0.4 is 16.4 Å². The second-order valence-corrected chi connectivity index (χ2v) is 5.78. The molecule has 0 aliphatic heterocycles. The molecule has 0 saturated carbocycles. The van der Waals surface area contributed by atoms with Crippen molar-refractivity contribution in [2.24, 2.45) is 5.73 Å². The van der Waals surface area contributed by atoms with Gasteiger partial charge in [-0.15, -0.1) is 0 Å². The summed E-state index contributed by atoms with van der Waals surface area (Å²) in [7, 11) is 0. The van der Waals surface area contributed by atoms with E-state index in [2.05, 4.69) is 10.6 Å². The van der Waals surface area contributed by atoms with Crippen LogP contribution in [0.15, 0.2) is 42.5 Å². The average molecular weight is 353 g/mol. The van der Waals surface area contributed by atoms with Gasteiger partial charge in [0.15, 0.2) is 16.7 Å². The largest absolute Gasteiger partial charge is 0.361 e. The van der Waals surface area contributed by atoms with Crippen LogP contribution in [0, 0.1) is 17.5 Å². The molecule has 1 atom stereocenters. The van der Waals surface area contributed by atoms with Crippen molar-refractivity contribution in [3.05, 3.63) is 71.0 Å². The molecule has 0 aliphatic carbocycles. The van der Waals surface area contributed by atoms with Crippen LogP contribution in [0.1, 0.15) is 11.1 Å². The van der Waals surface area contributed by atoms with Crippen molar-refractivity contribution in [2.75, 3.05) is 6.54 Å². The standard InChI is InChI=1S/C17H18F3N3S/c18-14-8-16(20)15(19)7-12(14)6-13(21)10-23-17(24)22-9-11-4-2-1-3-5-11/h1-5,7-8,13H,6,9-10,21H2,(H2,22,23,24)/t13-/m1/s1. The quantitative estimate of drug-likeness (QED) is 0.552. The maximum atomic E-state index is 13.6. The van der Waals surface area contributed by atoms with E-state index in [9.17, 15) is 13.2 Å². The summed E-state index contributed by atoms with van der Waals surface area (Å²) in [6.45, 7) is 0.846. The Labute approximate surface area is 144 Å². The molecule has 0 bridgehead atoms. The van der Waals surface area contributed by atoms with Gasteiger partial charge in [-0.25, -0.2) is 13.2 Å². The summed E-state index contributed by atoms with van der Waals surface area (Å²) in [5.74, 6) is -3.12. The van der Waals surface area contributed by atoms with Crippen LogP contribution in [0.4, 0.5) is 13.2 Å². The molecule has 128 valence electrons. The lowest BCUT2D eigenvalue weighted by atomic mass is 10.1. The van der Waals surface area contributed by atoms with Gasteiger partial charge in [-0.05, 0) is 35.8 Å². The van der Waals surface area contributed by atoms with Gasteiger partial charge in [0.2, 0.25) is 0 Å². The summed E-state index contributed by atoms with van der Waals surface area (Å²) < 4.78 is 39.6. The Morgan fingerprint density at radius 2 is 1.67 bits per heavy atom. The van der Waals surface area contributed by atoms with Gasteiger partial charge in [0.25, 0.3) is 0 Å². The molecule has 4 N–H and O–H groups in total. The number of nitrogens with two attached hydrogens (primary N) is 1. The minimum Gasteiger partial charge on any atom is -0.361 e. The van der Waals surface area contributed by atoms with E-state index in [4.69, 9.17) is 18.0 Å². The van der Waals surface area contributed by atoms with Crippen molar-refractivity contribution in [2.45, 2.75) is 19.0 Å². The van der Waals surface area contributed by atoms with E-state index < -0.39 is 23.5 Å². The number of hydrogen-bond acceptors (Lipinski definition) is 2. The monoisotopic (exact) mass is 353 g/mol. The molecule has 0 aromatic heterocycles. The number of benzene rings is 2. The third kappa shape index (κ3) is 5.50. The van der Waals surface area contributed by atoms with Gasteiger partial charge in [0.05, 0.1) is 0 Å². The predicted molar refractivity (Wildman–Crippen MR) is 91.9 cm³/mol. The number of rotatable bonds is 6. The van der Waals surface area contributed by atoms with Crippen LogP contribution in [0.25, 0.3) is 0 Å². The summed E-state index contributed by atoms with van der Waals surface area (Å²) in [4.78, 5) is 0. The predicted octanol–water partition coefficient (Wildman–Crippen LogP) is 2.64. The van der Waals surface area contributed by atoms with Crippen molar-refractivity contribution in [3.63, 3.8) is 0 Å². The zero-order valence-electron chi connectivity index (χ0n) is 12.9. The maximum Gasteiger partial charge on any atom is 0.166 e. The highest BCUT2D eigenvalue weighted by Crippen LogP contribution is 2.14. The first-order valence-corrected chi connectivity index (χ1v) is 7.81. The summed E-state index contributed by atoms with van der Waals surface area (Å²) in [5.41, 5.74) is 7.00. The molecule has 7 heteroatoms. The Bertz CT molecular complexity index is 695. The first-order chi connectivity index (χ1) is 11.5. The van der Waals surface area contributed by atoms with Crippen molar-refractivity contribution in [3.8, 4) is 0 Å². The molecule has 2 aromatic rings. The fraction of sp³-hybridized carbons (Fsp3) is 0.235. The van der Waals surface area contributed by atoms with Gasteiger partial charge < -0.3 is 16.4 Å². The first-order valence-electron chi connectivity index (χ1n) is 7.40. The number of thiocarbonyl (C=S) groups is 1. The Kier molecular flexibility index (Phi) is 6.57. The molecule has 2 aromatic carbocycles. The van der Waals surface area contributed by atoms with E-state index in [1.54, 1.807) is 0 Å². The van der Waals surface area contributed by atoms with Crippen LogP contribution in [0.5, 0.6) is 0 Å². The normalized spacial score (nSPS) is 11.8. The van der Waals surface area contributed by atoms with E-state index in [0.29, 0.717) is 17.7 Å². The smallest absolute Gasteiger partial charge is 0.166 e. The van der Waals surface area contributed by atoms with Crippen LogP contribution in [-0.2, 0) is 13.0 Å². The van der Waals surface area contributed by atoms with E-state index >= 15 is 0 Å². The molecule has 2 rings (SSSR count). The Hall–Kier alpha value is -2.12. The molecule has 0 heterocycles. The molecule has 0 amide bonds. The van der Waals surface area contributed by atoms with Gasteiger partial charge in [-0.2, -0.15) is 0 Å². The van der Waals surface area contributed by atoms with E-state index in [0.717, 1.165) is 11.6 Å². The Balaban J connectivity index is 1.77. The topological polar surface area (TPSA) is 50.1 Å². The third-order valence-corrected chi connectivity index (χ3v) is 3.68. The molecule has 3 nitrogen and oxygen atoms in total. The van der Waals surface area contributed by atoms with Crippen molar-refractivity contribution in [1.29, 1.82) is 0 Å². The minimum absolute atomic E-state index is 0.0337. The van der Waals surface area contributed by atoms with Gasteiger partial charge >= 0.3 is 0 Å². The molecule has 0 unspecified atom stereocenters. The van der Waals surface area contributed by atoms with Gasteiger partial charge in [0, 0.05) is 25.2 Å². The first kappa shape index (κ1) is 18.2. The summed E-state index contributed by atoms with van der Waals surface area (Å²) in [6.07, 6.45) is 0.0668. The molecule has 24 heavy (non-hydrogen) atoms. The Morgan fingerprint density at radius 1 is 1.00 bits per heavy atom. The molecular formula is C17H18F3N3S. The molecular weight excluding hydrogens is 335 g/mol. The molecule has 0 aliphatic rings. The molecule has 0 radical (unpaired) electrons. The van der Waals surface area contributed by atoms with Gasteiger partial charge in [0.1, 0.15) is 5.82 Å². The molecule has 0 spiro atoms. The summed E-state index contributed by atoms with van der Waals surface area (Å²) >= 11 is 5.14. The number of nitrogens with one attached hydrogen (secondary N) is 2. The highest BCUT2D eigenvalue weighted by Gasteiger charge is 2.13. The fourth-order valence-corrected chi connectivity index (χ4v) is 2.29. The van der Waals surface area contributed by atoms with Crippen LogP contribution in [-0.4, -0.2) is 17.7 Å². The lowest BCUT2D eigenvalue weighted by Gasteiger charge is -2.16. The van der Waals surface area contributed by atoms with Crippen LogP contribution >= 0.6 is 12.2 Å². The number of hydrogen-bond donors (Lipinski definition) is 3. The van der Waals surface area contributed by atoms with Gasteiger partial charge in [-0.3, -0.25) is 0 Å². The maximum absolute atomic E-state index is 13.6. The van der Waals surface area contributed by atoms with E-state index in [1.165, 1.54) is 0 Å². The number of halogens is 3. The highest BCUT2D eigenvalue weighted by molar-refractivity contribution is 7.80. The second-order valence-electron chi connectivity index (χ2n) is 5.37. The second kappa shape index (κ2) is 8.65. The highest BCUT2D eigenvalue weighted by atomic mass is 32.1. The van der Waals surface area contributed by atoms with E-state index in [-0.39, 0.29) is 18.5 Å². The van der Waals surface area contributed by atoms with Crippen LogP contribution in [0.3, 0.4) is 0 Å². The van der Waals surface area contributed by atoms with Gasteiger partial charge in [-0.1, -0.05) is 30.3 Å². The molecule has 0 saturated heterocycles.